The van der Waals surface area contributed by atoms with E-state index >= 15 is 0 Å². The lowest BCUT2D eigenvalue weighted by Gasteiger charge is -2.18. The molecule has 7 heteroatoms. The van der Waals surface area contributed by atoms with Crippen molar-refractivity contribution in [1.29, 1.82) is 0 Å². The summed E-state index contributed by atoms with van der Waals surface area (Å²) in [7, 11) is 0. The zero-order chi connectivity index (χ0) is 16.4. The second kappa shape index (κ2) is 6.31. The van der Waals surface area contributed by atoms with E-state index in [-0.39, 0.29) is 17.4 Å². The smallest absolute Gasteiger partial charge is 0.266 e. The number of aromatic amines is 1. The molecule has 2 aromatic heterocycles. The Kier molecular flexibility index (Phi) is 4.65. The quantitative estimate of drug-likeness (QED) is 0.753. The maximum atomic E-state index is 12.1. The topological polar surface area (TPSA) is 105 Å². The van der Waals surface area contributed by atoms with Crippen LogP contribution in [0.4, 0.5) is 0 Å². The van der Waals surface area contributed by atoms with E-state index < -0.39 is 6.04 Å². The Morgan fingerprint density at radius 2 is 2.18 bits per heavy atom. The van der Waals surface area contributed by atoms with Gasteiger partial charge in [0.05, 0.1) is 6.04 Å². The Hall–Kier alpha value is -2.15. The maximum Gasteiger partial charge on any atom is 0.266 e. The number of hydrogen-bond donors (Lipinski definition) is 3. The van der Waals surface area contributed by atoms with Crippen LogP contribution in [0, 0.1) is 19.8 Å². The average Bonchev–Trinajstić information content (AvgIpc) is 2.85. The highest BCUT2D eigenvalue weighted by atomic mass is 16.2. The first-order valence-electron chi connectivity index (χ1n) is 7.46. The van der Waals surface area contributed by atoms with Crippen molar-refractivity contribution >= 4 is 11.6 Å². The molecular weight excluding hydrogens is 282 g/mol. The van der Waals surface area contributed by atoms with Gasteiger partial charge in [0.1, 0.15) is 0 Å². The molecule has 0 bridgehead atoms. The van der Waals surface area contributed by atoms with Gasteiger partial charge in [-0.15, -0.1) is 0 Å². The molecule has 22 heavy (non-hydrogen) atoms. The van der Waals surface area contributed by atoms with Crippen molar-refractivity contribution in [3.8, 4) is 0 Å². The largest absolute Gasteiger partial charge is 0.351 e. The van der Waals surface area contributed by atoms with Gasteiger partial charge in [0, 0.05) is 29.6 Å². The van der Waals surface area contributed by atoms with E-state index in [1.54, 1.807) is 4.52 Å². The number of carbonyl (C=O) groups is 1. The Bertz CT molecular complexity index is 746. The first kappa shape index (κ1) is 16.2. The van der Waals surface area contributed by atoms with Crippen molar-refractivity contribution < 1.29 is 4.79 Å². The third kappa shape index (κ3) is 3.04. The fourth-order valence-electron chi connectivity index (χ4n) is 2.42. The normalized spacial score (nSPS) is 14.0. The number of fused-ring (bicyclic) bond motifs is 1. The molecule has 2 rings (SSSR count). The highest BCUT2D eigenvalue weighted by molar-refractivity contribution is 5.81. The molecule has 0 saturated carbocycles. The van der Waals surface area contributed by atoms with Crippen molar-refractivity contribution in [3.05, 3.63) is 33.4 Å². The van der Waals surface area contributed by atoms with Crippen LogP contribution in [0.3, 0.4) is 0 Å². The van der Waals surface area contributed by atoms with Gasteiger partial charge in [-0.3, -0.25) is 14.7 Å². The monoisotopic (exact) mass is 305 g/mol. The van der Waals surface area contributed by atoms with E-state index in [0.717, 1.165) is 23.4 Å². The summed E-state index contributed by atoms with van der Waals surface area (Å²) in [6, 6.07) is 0.926. The number of hydrogen-bond acceptors (Lipinski definition) is 4. The number of carbonyl (C=O) groups excluding carboxylic acids is 1. The van der Waals surface area contributed by atoms with E-state index in [1.807, 2.05) is 27.7 Å². The van der Waals surface area contributed by atoms with Crippen molar-refractivity contribution in [1.82, 2.24) is 19.9 Å². The predicted molar refractivity (Wildman–Crippen MR) is 84.6 cm³/mol. The number of amides is 1. The third-order valence-electron chi connectivity index (χ3n) is 4.20. The number of aryl methyl sites for hydroxylation is 2. The van der Waals surface area contributed by atoms with Crippen LogP contribution < -0.4 is 16.6 Å². The van der Waals surface area contributed by atoms with Crippen LogP contribution in [0.15, 0.2) is 10.9 Å². The van der Waals surface area contributed by atoms with Gasteiger partial charge in [-0.1, -0.05) is 20.3 Å². The summed E-state index contributed by atoms with van der Waals surface area (Å²) in [5, 5.41) is 5.55. The second-order valence-electron chi connectivity index (χ2n) is 5.70. The minimum Gasteiger partial charge on any atom is -0.351 e. The first-order valence-corrected chi connectivity index (χ1v) is 7.46. The van der Waals surface area contributed by atoms with Crippen molar-refractivity contribution in [2.45, 2.75) is 46.7 Å². The van der Waals surface area contributed by atoms with Crippen LogP contribution in [0.25, 0.3) is 5.65 Å². The molecule has 0 aromatic carbocycles. The van der Waals surface area contributed by atoms with E-state index in [4.69, 9.17) is 5.73 Å². The van der Waals surface area contributed by atoms with Gasteiger partial charge in [-0.2, -0.15) is 0 Å². The van der Waals surface area contributed by atoms with Gasteiger partial charge in [-0.25, -0.2) is 9.50 Å². The molecule has 0 spiro atoms. The summed E-state index contributed by atoms with van der Waals surface area (Å²) >= 11 is 0. The minimum atomic E-state index is -0.520. The van der Waals surface area contributed by atoms with Gasteiger partial charge < -0.3 is 11.1 Å². The lowest BCUT2D eigenvalue weighted by molar-refractivity contribution is -0.123. The van der Waals surface area contributed by atoms with E-state index in [0.29, 0.717) is 12.2 Å². The molecule has 4 N–H and O–H groups in total. The molecule has 7 nitrogen and oxygen atoms in total. The number of nitrogens with zero attached hydrogens (tertiary/aromatic N) is 2. The molecule has 0 radical (unpaired) electrons. The molecule has 0 aliphatic carbocycles. The number of aromatic nitrogens is 3. The summed E-state index contributed by atoms with van der Waals surface area (Å²) in [6.45, 7) is 8.04. The molecule has 2 unspecified atom stereocenters. The first-order chi connectivity index (χ1) is 10.3. The Labute approximate surface area is 128 Å². The van der Waals surface area contributed by atoms with Crippen LogP contribution in [-0.4, -0.2) is 26.5 Å². The number of H-pyrrole nitrogens is 1. The molecule has 0 saturated heterocycles. The molecule has 0 aliphatic heterocycles. The van der Waals surface area contributed by atoms with Crippen molar-refractivity contribution in [2.75, 3.05) is 0 Å². The van der Waals surface area contributed by atoms with Crippen LogP contribution in [0.5, 0.6) is 0 Å². The Morgan fingerprint density at radius 3 is 2.82 bits per heavy atom. The summed E-state index contributed by atoms with van der Waals surface area (Å²) < 4.78 is 1.63. The molecular formula is C15H23N5O2. The average molecular weight is 305 g/mol. The number of rotatable bonds is 5. The fraction of sp³-hybridized carbons (Fsp3) is 0.533. The zero-order valence-corrected chi connectivity index (χ0v) is 13.4. The van der Waals surface area contributed by atoms with E-state index in [2.05, 4.69) is 15.4 Å². The van der Waals surface area contributed by atoms with Crippen LogP contribution in [0.1, 0.15) is 37.2 Å². The highest BCUT2D eigenvalue weighted by Crippen LogP contribution is 2.13. The molecule has 2 atom stereocenters. The lowest BCUT2D eigenvalue weighted by atomic mass is 9.99. The molecule has 2 heterocycles. The molecule has 1 amide bonds. The number of nitrogens with one attached hydrogen (secondary N) is 2. The molecule has 2 aromatic rings. The van der Waals surface area contributed by atoms with Crippen LogP contribution in [0.2, 0.25) is 0 Å². The van der Waals surface area contributed by atoms with E-state index in [1.165, 1.54) is 6.07 Å². The summed E-state index contributed by atoms with van der Waals surface area (Å²) in [5.41, 5.74) is 8.82. The molecule has 0 aliphatic rings. The van der Waals surface area contributed by atoms with E-state index in [9.17, 15) is 9.59 Å². The highest BCUT2D eigenvalue weighted by Gasteiger charge is 2.20. The summed E-state index contributed by atoms with van der Waals surface area (Å²) in [6.07, 6.45) is 0.852. The van der Waals surface area contributed by atoms with Crippen LogP contribution in [-0.2, 0) is 11.3 Å². The van der Waals surface area contributed by atoms with Crippen molar-refractivity contribution in [3.63, 3.8) is 0 Å². The molecule has 0 fully saturated rings. The van der Waals surface area contributed by atoms with Gasteiger partial charge in [0.25, 0.3) is 5.56 Å². The lowest BCUT2D eigenvalue weighted by Crippen LogP contribution is -2.44. The maximum absolute atomic E-state index is 12.1. The third-order valence-corrected chi connectivity index (χ3v) is 4.20. The second-order valence-corrected chi connectivity index (χ2v) is 5.70. The van der Waals surface area contributed by atoms with Gasteiger partial charge in [0.2, 0.25) is 5.91 Å². The summed E-state index contributed by atoms with van der Waals surface area (Å²) in [5.74, 6) is -0.0437. The number of nitrogens with two attached hydrogens (primary N) is 1. The zero-order valence-electron chi connectivity index (χ0n) is 13.4. The van der Waals surface area contributed by atoms with Gasteiger partial charge in [0.15, 0.2) is 5.65 Å². The fourth-order valence-corrected chi connectivity index (χ4v) is 2.42. The summed E-state index contributed by atoms with van der Waals surface area (Å²) in [4.78, 5) is 27.9. The molecule has 120 valence electrons. The Balaban J connectivity index is 2.21. The Morgan fingerprint density at radius 1 is 1.50 bits per heavy atom. The minimum absolute atomic E-state index is 0.128. The SMILES string of the molecule is CCC(C)C(N)C(=O)NCc1c(C)nc2cc(=O)[nH]n2c1C. The van der Waals surface area contributed by atoms with Crippen molar-refractivity contribution in [2.24, 2.45) is 11.7 Å². The predicted octanol–water partition coefficient (Wildman–Crippen LogP) is 0.629. The standard InChI is InChI=1S/C15H23N5O2/c1-5-8(2)14(16)15(22)17-7-11-9(3)18-12-6-13(21)19-20(12)10(11)4/h6,8,14H,5,7,16H2,1-4H3,(H,17,22)(H,19,21). The van der Waals surface area contributed by atoms with Gasteiger partial charge >= 0.3 is 0 Å². The van der Waals surface area contributed by atoms with Gasteiger partial charge in [-0.05, 0) is 19.8 Å². The van der Waals surface area contributed by atoms with Crippen LogP contribution >= 0.6 is 0 Å².